The Morgan fingerprint density at radius 2 is 1.34 bits per heavy atom. The van der Waals surface area contributed by atoms with Crippen LogP contribution in [-0.4, -0.2) is 59.9 Å². The van der Waals surface area contributed by atoms with Crippen LogP contribution in [0.2, 0.25) is 0 Å². The van der Waals surface area contributed by atoms with Gasteiger partial charge in [-0.1, -0.05) is 78.9 Å². The van der Waals surface area contributed by atoms with E-state index in [9.17, 15) is 14.4 Å². The van der Waals surface area contributed by atoms with Gasteiger partial charge in [-0.3, -0.25) is 9.59 Å². The van der Waals surface area contributed by atoms with Gasteiger partial charge in [-0.2, -0.15) is 0 Å². The summed E-state index contributed by atoms with van der Waals surface area (Å²) in [4.78, 5) is 41.4. The predicted molar refractivity (Wildman–Crippen MR) is 137 cm³/mol. The number of benzene rings is 3. The van der Waals surface area contributed by atoms with Crippen LogP contribution in [0.15, 0.2) is 84.9 Å². The summed E-state index contributed by atoms with van der Waals surface area (Å²) in [5, 5.41) is 5.82. The van der Waals surface area contributed by atoms with Crippen molar-refractivity contribution >= 4 is 23.5 Å². The standard InChI is InChI=1S/C28H30N4O3/c1-21(33)29-26(20-22-10-4-2-5-11-22)27(34)31-16-18-32(19-17-31)28(35)30-25-15-9-8-14-24(25)23-12-6-3-7-13-23/h2-15,26H,16-20H2,1H3,(H,29,33)(H,30,35). The fraction of sp³-hybridized carbons (Fsp3) is 0.250. The number of nitrogens with one attached hydrogen (secondary N) is 2. The zero-order valence-corrected chi connectivity index (χ0v) is 19.8. The third kappa shape index (κ3) is 6.26. The minimum Gasteiger partial charge on any atom is -0.344 e. The number of hydrogen-bond donors (Lipinski definition) is 2. The normalized spacial score (nSPS) is 14.2. The maximum atomic E-state index is 13.2. The van der Waals surface area contributed by atoms with E-state index < -0.39 is 6.04 Å². The van der Waals surface area contributed by atoms with Crippen molar-refractivity contribution in [1.29, 1.82) is 0 Å². The quantitative estimate of drug-likeness (QED) is 0.575. The average molecular weight is 471 g/mol. The number of urea groups is 1. The van der Waals surface area contributed by atoms with Gasteiger partial charge in [-0.05, 0) is 17.2 Å². The van der Waals surface area contributed by atoms with Gasteiger partial charge in [-0.15, -0.1) is 0 Å². The zero-order valence-electron chi connectivity index (χ0n) is 19.8. The maximum Gasteiger partial charge on any atom is 0.321 e. The number of amides is 4. The highest BCUT2D eigenvalue weighted by atomic mass is 16.2. The largest absolute Gasteiger partial charge is 0.344 e. The Morgan fingerprint density at radius 1 is 0.771 bits per heavy atom. The molecule has 0 aromatic heterocycles. The second kappa shape index (κ2) is 11.3. The molecule has 1 unspecified atom stereocenters. The summed E-state index contributed by atoms with van der Waals surface area (Å²) in [7, 11) is 0. The van der Waals surface area contributed by atoms with Crippen molar-refractivity contribution in [2.24, 2.45) is 0 Å². The number of rotatable bonds is 6. The van der Waals surface area contributed by atoms with E-state index in [1.165, 1.54) is 6.92 Å². The summed E-state index contributed by atoms with van der Waals surface area (Å²) in [6, 6.07) is 26.4. The Labute approximate surface area is 205 Å². The SMILES string of the molecule is CC(=O)NC(Cc1ccccc1)C(=O)N1CCN(C(=O)Nc2ccccc2-c2ccccc2)CC1. The Hall–Kier alpha value is -4.13. The van der Waals surface area contributed by atoms with Crippen molar-refractivity contribution in [2.45, 2.75) is 19.4 Å². The molecular formula is C28H30N4O3. The van der Waals surface area contributed by atoms with Crippen molar-refractivity contribution in [2.75, 3.05) is 31.5 Å². The molecule has 3 aromatic carbocycles. The molecule has 0 spiro atoms. The molecular weight excluding hydrogens is 440 g/mol. The molecule has 4 amide bonds. The van der Waals surface area contributed by atoms with Gasteiger partial charge in [-0.25, -0.2) is 4.79 Å². The topological polar surface area (TPSA) is 81.8 Å². The molecule has 0 aliphatic carbocycles. The zero-order chi connectivity index (χ0) is 24.6. The van der Waals surface area contributed by atoms with Gasteiger partial charge in [0.15, 0.2) is 0 Å². The third-order valence-electron chi connectivity index (χ3n) is 6.09. The molecule has 180 valence electrons. The van der Waals surface area contributed by atoms with E-state index in [2.05, 4.69) is 10.6 Å². The molecule has 1 aliphatic rings. The van der Waals surface area contributed by atoms with Gasteiger partial charge < -0.3 is 20.4 Å². The summed E-state index contributed by atoms with van der Waals surface area (Å²) in [6.07, 6.45) is 0.427. The summed E-state index contributed by atoms with van der Waals surface area (Å²) in [6.45, 7) is 3.09. The summed E-state index contributed by atoms with van der Waals surface area (Å²) >= 11 is 0. The molecule has 1 heterocycles. The molecule has 0 bridgehead atoms. The van der Waals surface area contributed by atoms with E-state index in [1.54, 1.807) is 9.80 Å². The van der Waals surface area contributed by atoms with Crippen LogP contribution >= 0.6 is 0 Å². The predicted octanol–water partition coefficient (Wildman–Crippen LogP) is 3.78. The van der Waals surface area contributed by atoms with Crippen LogP contribution in [0.25, 0.3) is 11.1 Å². The summed E-state index contributed by atoms with van der Waals surface area (Å²) in [5.41, 5.74) is 3.71. The highest BCUT2D eigenvalue weighted by molar-refractivity contribution is 5.94. The number of carbonyl (C=O) groups excluding carboxylic acids is 3. The molecule has 1 saturated heterocycles. The van der Waals surface area contributed by atoms with E-state index in [0.717, 1.165) is 22.4 Å². The summed E-state index contributed by atoms with van der Waals surface area (Å²) < 4.78 is 0. The second-order valence-corrected chi connectivity index (χ2v) is 8.60. The van der Waals surface area contributed by atoms with E-state index in [-0.39, 0.29) is 17.8 Å². The van der Waals surface area contributed by atoms with E-state index in [0.29, 0.717) is 32.6 Å². The van der Waals surface area contributed by atoms with Crippen LogP contribution < -0.4 is 10.6 Å². The van der Waals surface area contributed by atoms with Crippen LogP contribution in [-0.2, 0) is 16.0 Å². The molecule has 2 N–H and O–H groups in total. The van der Waals surface area contributed by atoms with Crippen LogP contribution in [0.3, 0.4) is 0 Å². The highest BCUT2D eigenvalue weighted by Gasteiger charge is 2.29. The average Bonchev–Trinajstić information content (AvgIpc) is 2.89. The van der Waals surface area contributed by atoms with Crippen molar-refractivity contribution in [3.05, 3.63) is 90.5 Å². The Morgan fingerprint density at radius 3 is 2.00 bits per heavy atom. The molecule has 7 heteroatoms. The lowest BCUT2D eigenvalue weighted by molar-refractivity contribution is -0.137. The highest BCUT2D eigenvalue weighted by Crippen LogP contribution is 2.27. The van der Waals surface area contributed by atoms with E-state index >= 15 is 0 Å². The van der Waals surface area contributed by atoms with Crippen LogP contribution in [0, 0.1) is 0 Å². The van der Waals surface area contributed by atoms with E-state index in [4.69, 9.17) is 0 Å². The van der Waals surface area contributed by atoms with E-state index in [1.807, 2.05) is 84.9 Å². The molecule has 1 fully saturated rings. The van der Waals surface area contributed by atoms with Crippen LogP contribution in [0.4, 0.5) is 10.5 Å². The smallest absolute Gasteiger partial charge is 0.321 e. The molecule has 35 heavy (non-hydrogen) atoms. The number of nitrogens with zero attached hydrogens (tertiary/aromatic N) is 2. The molecule has 1 atom stereocenters. The molecule has 4 rings (SSSR count). The first-order chi connectivity index (χ1) is 17.0. The Bertz CT molecular complexity index is 1160. The van der Waals surface area contributed by atoms with Gasteiger partial charge in [0.2, 0.25) is 11.8 Å². The lowest BCUT2D eigenvalue weighted by Crippen LogP contribution is -2.56. The van der Waals surface area contributed by atoms with Gasteiger partial charge in [0, 0.05) is 45.1 Å². The van der Waals surface area contributed by atoms with Gasteiger partial charge in [0.05, 0.1) is 5.69 Å². The molecule has 0 radical (unpaired) electrons. The first kappa shape index (κ1) is 24.0. The van der Waals surface area contributed by atoms with Crippen molar-refractivity contribution < 1.29 is 14.4 Å². The number of para-hydroxylation sites is 1. The molecule has 1 aliphatic heterocycles. The maximum absolute atomic E-state index is 13.2. The minimum atomic E-state index is -0.631. The second-order valence-electron chi connectivity index (χ2n) is 8.60. The first-order valence-corrected chi connectivity index (χ1v) is 11.8. The van der Waals surface area contributed by atoms with Crippen LogP contribution in [0.5, 0.6) is 0 Å². The monoisotopic (exact) mass is 470 g/mol. The lowest BCUT2D eigenvalue weighted by Gasteiger charge is -2.36. The van der Waals surface area contributed by atoms with Gasteiger partial charge in [0.1, 0.15) is 6.04 Å². The van der Waals surface area contributed by atoms with Crippen molar-refractivity contribution in [3.8, 4) is 11.1 Å². The first-order valence-electron chi connectivity index (χ1n) is 11.8. The fourth-order valence-electron chi connectivity index (χ4n) is 4.30. The van der Waals surface area contributed by atoms with Crippen molar-refractivity contribution in [1.82, 2.24) is 15.1 Å². The molecule has 0 saturated carbocycles. The van der Waals surface area contributed by atoms with Gasteiger partial charge in [0.25, 0.3) is 0 Å². The Kier molecular flexibility index (Phi) is 7.77. The van der Waals surface area contributed by atoms with Gasteiger partial charge >= 0.3 is 6.03 Å². The summed E-state index contributed by atoms with van der Waals surface area (Å²) in [5.74, 6) is -0.368. The Balaban J connectivity index is 1.37. The van der Waals surface area contributed by atoms with Crippen LogP contribution in [0.1, 0.15) is 12.5 Å². The van der Waals surface area contributed by atoms with Crippen molar-refractivity contribution in [3.63, 3.8) is 0 Å². The molecule has 3 aromatic rings. The molecule has 7 nitrogen and oxygen atoms in total. The number of piperazine rings is 1. The number of anilines is 1. The number of carbonyl (C=O) groups is 3. The fourth-order valence-corrected chi connectivity index (χ4v) is 4.30. The number of hydrogen-bond acceptors (Lipinski definition) is 3. The third-order valence-corrected chi connectivity index (χ3v) is 6.09. The lowest BCUT2D eigenvalue weighted by atomic mass is 10.0. The minimum absolute atomic E-state index is 0.126.